The van der Waals surface area contributed by atoms with Crippen molar-refractivity contribution >= 4 is 11.9 Å². The van der Waals surface area contributed by atoms with Gasteiger partial charge in [-0.1, -0.05) is 231 Å². The van der Waals surface area contributed by atoms with Crippen LogP contribution < -0.4 is 5.32 Å². The summed E-state index contributed by atoms with van der Waals surface area (Å²) >= 11 is 0. The minimum atomic E-state index is -0.787. The number of nitrogens with one attached hydrogen (secondary N) is 1. The number of carbonyl (C=O) groups is 2. The van der Waals surface area contributed by atoms with Crippen molar-refractivity contribution in [2.45, 2.75) is 309 Å². The summed E-state index contributed by atoms with van der Waals surface area (Å²) in [5.41, 5.74) is 0. The highest BCUT2D eigenvalue weighted by Crippen LogP contribution is 2.18. The molecule has 61 heavy (non-hydrogen) atoms. The second-order valence-electron chi connectivity index (χ2n) is 18.6. The van der Waals surface area contributed by atoms with Crippen LogP contribution in [0.1, 0.15) is 290 Å². The van der Waals surface area contributed by atoms with E-state index < -0.39 is 18.2 Å². The number of carbonyl (C=O) groups excluding carboxylic acids is 2. The molecule has 0 heterocycles. The average Bonchev–Trinajstić information content (AvgIpc) is 3.25. The Bertz CT molecular complexity index is 966. The third-order valence-electron chi connectivity index (χ3n) is 12.5. The zero-order valence-electron chi connectivity index (χ0n) is 41.1. The van der Waals surface area contributed by atoms with Gasteiger partial charge in [0.25, 0.3) is 0 Å². The molecule has 3 unspecified atom stereocenters. The summed E-state index contributed by atoms with van der Waals surface area (Å²) in [5.74, 6) is -0.477. The van der Waals surface area contributed by atoms with Crippen molar-refractivity contribution in [3.8, 4) is 0 Å². The van der Waals surface area contributed by atoms with E-state index in [-0.39, 0.29) is 24.9 Å². The van der Waals surface area contributed by atoms with Crippen LogP contribution in [0.2, 0.25) is 0 Å². The molecule has 360 valence electrons. The second-order valence-corrected chi connectivity index (χ2v) is 18.6. The molecule has 0 aromatic carbocycles. The molecule has 3 atom stereocenters. The molecule has 0 saturated carbocycles. The molecule has 0 fully saturated rings. The number of aliphatic hydroxyl groups excluding tert-OH is 2. The first kappa shape index (κ1) is 59.3. The van der Waals surface area contributed by atoms with E-state index in [4.69, 9.17) is 4.74 Å². The van der Waals surface area contributed by atoms with Gasteiger partial charge in [-0.15, -0.1) is 0 Å². The molecular formula is C55H105NO5. The van der Waals surface area contributed by atoms with Gasteiger partial charge in [0.15, 0.2) is 0 Å². The number of rotatable bonds is 49. The lowest BCUT2D eigenvalue weighted by Crippen LogP contribution is -2.46. The Labute approximate surface area is 380 Å². The highest BCUT2D eigenvalue weighted by atomic mass is 16.5. The Morgan fingerprint density at radius 1 is 0.459 bits per heavy atom. The van der Waals surface area contributed by atoms with Gasteiger partial charge >= 0.3 is 5.97 Å². The highest BCUT2D eigenvalue weighted by molar-refractivity contribution is 5.77. The van der Waals surface area contributed by atoms with Crippen LogP contribution in [-0.2, 0) is 14.3 Å². The number of hydrogen-bond acceptors (Lipinski definition) is 5. The molecule has 0 aliphatic carbocycles. The molecule has 6 nitrogen and oxygen atoms in total. The molecule has 1 amide bonds. The summed E-state index contributed by atoms with van der Waals surface area (Å²) in [6.45, 7) is 6.44. The normalized spacial score (nSPS) is 13.3. The van der Waals surface area contributed by atoms with Crippen molar-refractivity contribution in [2.75, 3.05) is 6.61 Å². The number of unbranched alkanes of at least 4 members (excludes halogenated alkanes) is 33. The molecule has 0 aromatic rings. The Morgan fingerprint density at radius 2 is 0.820 bits per heavy atom. The molecule has 0 aliphatic rings. The first-order valence-electron chi connectivity index (χ1n) is 27.1. The van der Waals surface area contributed by atoms with Crippen LogP contribution in [-0.4, -0.2) is 46.9 Å². The van der Waals surface area contributed by atoms with Gasteiger partial charge in [-0.2, -0.15) is 0 Å². The highest BCUT2D eigenvalue weighted by Gasteiger charge is 2.24. The van der Waals surface area contributed by atoms with Crippen molar-refractivity contribution in [1.82, 2.24) is 5.32 Å². The van der Waals surface area contributed by atoms with Crippen molar-refractivity contribution in [3.63, 3.8) is 0 Å². The predicted molar refractivity (Wildman–Crippen MR) is 264 cm³/mol. The third kappa shape index (κ3) is 44.7. The molecule has 0 spiro atoms. The first-order valence-corrected chi connectivity index (χ1v) is 27.1. The Morgan fingerprint density at radius 3 is 1.23 bits per heavy atom. The monoisotopic (exact) mass is 860 g/mol. The Kier molecular flexibility index (Phi) is 48.0. The number of ether oxygens (including phenoxy) is 1. The van der Waals surface area contributed by atoms with Gasteiger partial charge in [-0.05, 0) is 70.6 Å². The van der Waals surface area contributed by atoms with Crippen LogP contribution in [0.3, 0.4) is 0 Å². The molecule has 0 aliphatic heterocycles. The molecule has 0 aromatic heterocycles. The van der Waals surface area contributed by atoms with Gasteiger partial charge in [-0.3, -0.25) is 9.59 Å². The summed E-state index contributed by atoms with van der Waals surface area (Å²) in [6.07, 6.45) is 56.7. The number of amides is 1. The van der Waals surface area contributed by atoms with E-state index in [1.807, 2.05) is 0 Å². The van der Waals surface area contributed by atoms with Crippen LogP contribution in [0.4, 0.5) is 0 Å². The van der Waals surface area contributed by atoms with E-state index in [0.717, 1.165) is 64.2 Å². The largest absolute Gasteiger partial charge is 0.462 e. The summed E-state index contributed by atoms with van der Waals surface area (Å²) < 4.78 is 5.93. The molecule has 0 bridgehead atoms. The number of aliphatic hydroxyl groups is 2. The van der Waals surface area contributed by atoms with Crippen molar-refractivity contribution in [2.24, 2.45) is 0 Å². The standard InChI is InChI=1S/C55H105NO5/c1-4-7-10-13-16-19-22-24-26-27-29-30-32-34-37-40-43-46-51(61-55(60)48-45-42-39-36-21-18-15-12-9-6-3)49-54(59)56-52(50-57)53(58)47-44-41-38-35-33-31-28-25-23-20-17-14-11-8-5-2/h12,15,24,26,51-53,57-58H,4-11,13-14,16-23,25,27-50H2,1-3H3,(H,56,59)/b15-12-,26-24+. The quantitative estimate of drug-likeness (QED) is 0.0322. The molecule has 6 heteroatoms. The average molecular weight is 860 g/mol. The van der Waals surface area contributed by atoms with Crippen molar-refractivity contribution < 1.29 is 24.5 Å². The van der Waals surface area contributed by atoms with Crippen LogP contribution in [0.5, 0.6) is 0 Å². The van der Waals surface area contributed by atoms with Crippen molar-refractivity contribution in [3.05, 3.63) is 24.3 Å². The molecular weight excluding hydrogens is 755 g/mol. The maximum absolute atomic E-state index is 13.2. The van der Waals surface area contributed by atoms with E-state index in [0.29, 0.717) is 19.3 Å². The lowest BCUT2D eigenvalue weighted by Gasteiger charge is -2.24. The van der Waals surface area contributed by atoms with E-state index in [1.165, 1.54) is 180 Å². The molecule has 3 N–H and O–H groups in total. The molecule has 0 saturated heterocycles. The van der Waals surface area contributed by atoms with E-state index >= 15 is 0 Å². The SMILES string of the molecule is CCC/C=C\CCCCCCCC(=O)OC(CCCCCCCCC/C=C/CCCCCCCC)CC(=O)NC(CO)C(O)CCCCCCCCCCCCCCCCC. The number of hydrogen-bond donors (Lipinski definition) is 3. The Balaban J connectivity index is 4.50. The zero-order valence-corrected chi connectivity index (χ0v) is 41.1. The number of allylic oxidation sites excluding steroid dienone is 4. The maximum atomic E-state index is 13.2. The first-order chi connectivity index (χ1) is 30.0. The van der Waals surface area contributed by atoms with Gasteiger partial charge in [0.05, 0.1) is 25.2 Å². The summed E-state index contributed by atoms with van der Waals surface area (Å²) in [6, 6.07) is -0.701. The molecule has 0 radical (unpaired) electrons. The zero-order chi connectivity index (χ0) is 44.5. The predicted octanol–water partition coefficient (Wildman–Crippen LogP) is 16.3. The fourth-order valence-electron chi connectivity index (χ4n) is 8.37. The topological polar surface area (TPSA) is 95.9 Å². The smallest absolute Gasteiger partial charge is 0.306 e. The summed E-state index contributed by atoms with van der Waals surface area (Å²) in [5, 5.41) is 23.8. The lowest BCUT2D eigenvalue weighted by molar-refractivity contribution is -0.151. The summed E-state index contributed by atoms with van der Waals surface area (Å²) in [7, 11) is 0. The van der Waals surface area contributed by atoms with E-state index in [9.17, 15) is 19.8 Å². The fraction of sp³-hybridized carbons (Fsp3) is 0.891. The fourth-order valence-corrected chi connectivity index (χ4v) is 8.37. The minimum absolute atomic E-state index is 0.0752. The lowest BCUT2D eigenvalue weighted by atomic mass is 10.0. The third-order valence-corrected chi connectivity index (χ3v) is 12.5. The molecule has 0 rings (SSSR count). The summed E-state index contributed by atoms with van der Waals surface area (Å²) in [4.78, 5) is 26.1. The van der Waals surface area contributed by atoms with E-state index in [1.54, 1.807) is 0 Å². The van der Waals surface area contributed by atoms with Crippen LogP contribution in [0.15, 0.2) is 24.3 Å². The van der Waals surface area contributed by atoms with Gasteiger partial charge in [0.1, 0.15) is 6.10 Å². The second kappa shape index (κ2) is 49.4. The van der Waals surface area contributed by atoms with Crippen molar-refractivity contribution in [1.29, 1.82) is 0 Å². The van der Waals surface area contributed by atoms with Crippen LogP contribution >= 0.6 is 0 Å². The van der Waals surface area contributed by atoms with Crippen LogP contribution in [0, 0.1) is 0 Å². The van der Waals surface area contributed by atoms with Gasteiger partial charge in [0.2, 0.25) is 5.91 Å². The maximum Gasteiger partial charge on any atom is 0.306 e. The van der Waals surface area contributed by atoms with Gasteiger partial charge < -0.3 is 20.3 Å². The van der Waals surface area contributed by atoms with Gasteiger partial charge in [-0.25, -0.2) is 0 Å². The number of esters is 1. The van der Waals surface area contributed by atoms with Gasteiger partial charge in [0, 0.05) is 6.42 Å². The van der Waals surface area contributed by atoms with E-state index in [2.05, 4.69) is 50.4 Å². The minimum Gasteiger partial charge on any atom is -0.462 e. The Hall–Kier alpha value is -1.66. The van der Waals surface area contributed by atoms with Crippen LogP contribution in [0.25, 0.3) is 0 Å².